The number of nitrogens with zero attached hydrogens (tertiary/aromatic N) is 5. The van der Waals surface area contributed by atoms with Gasteiger partial charge in [-0.05, 0) is 19.5 Å². The molecule has 1 atom stereocenters. The second-order valence-electron chi connectivity index (χ2n) is 4.70. The molecule has 7 nitrogen and oxygen atoms in total. The first-order valence-corrected chi connectivity index (χ1v) is 7.10. The second kappa shape index (κ2) is 6.32. The molecular formula is C12H18ClN5O2. The van der Waals surface area contributed by atoms with E-state index in [0.717, 1.165) is 32.6 Å². The first-order chi connectivity index (χ1) is 9.58. The Morgan fingerprint density at radius 1 is 1.50 bits per heavy atom. The maximum atomic E-state index is 11.1. The van der Waals surface area contributed by atoms with Crippen LogP contribution >= 0.6 is 11.6 Å². The van der Waals surface area contributed by atoms with Crippen molar-refractivity contribution in [1.82, 2.24) is 14.9 Å². The molecule has 1 aliphatic rings. The number of rotatable bonds is 5. The Bertz CT molecular complexity index is 495. The Kier molecular flexibility index (Phi) is 4.72. The lowest BCUT2D eigenvalue weighted by Gasteiger charge is -2.26. The monoisotopic (exact) mass is 299 g/mol. The summed E-state index contributed by atoms with van der Waals surface area (Å²) in [7, 11) is 0. The number of aromatic nitrogens is 2. The quantitative estimate of drug-likeness (QED) is 0.470. The third-order valence-corrected chi connectivity index (χ3v) is 4.01. The van der Waals surface area contributed by atoms with Crippen LogP contribution < -0.4 is 4.90 Å². The summed E-state index contributed by atoms with van der Waals surface area (Å²) >= 11 is 5.83. The average Bonchev–Trinajstić information content (AvgIpc) is 2.89. The number of hydrogen-bond donors (Lipinski definition) is 0. The van der Waals surface area contributed by atoms with Gasteiger partial charge >= 0.3 is 5.69 Å². The van der Waals surface area contributed by atoms with Crippen molar-refractivity contribution in [2.75, 3.05) is 31.1 Å². The van der Waals surface area contributed by atoms with Crippen molar-refractivity contribution >= 4 is 23.1 Å². The molecule has 0 radical (unpaired) electrons. The molecule has 1 unspecified atom stereocenters. The highest BCUT2D eigenvalue weighted by Crippen LogP contribution is 2.33. The van der Waals surface area contributed by atoms with Gasteiger partial charge in [-0.15, -0.1) is 0 Å². The summed E-state index contributed by atoms with van der Waals surface area (Å²) in [5.41, 5.74) is -0.200. The van der Waals surface area contributed by atoms with Gasteiger partial charge in [0.05, 0.1) is 4.92 Å². The molecule has 20 heavy (non-hydrogen) atoms. The average molecular weight is 300 g/mol. The molecule has 2 rings (SSSR count). The summed E-state index contributed by atoms with van der Waals surface area (Å²) in [5.74, 6) is 0.324. The summed E-state index contributed by atoms with van der Waals surface area (Å²) in [6, 6.07) is 0.401. The summed E-state index contributed by atoms with van der Waals surface area (Å²) in [4.78, 5) is 22.7. The second-order valence-corrected chi connectivity index (χ2v) is 5.06. The van der Waals surface area contributed by atoms with E-state index in [9.17, 15) is 10.1 Å². The van der Waals surface area contributed by atoms with E-state index in [1.165, 1.54) is 6.33 Å². The van der Waals surface area contributed by atoms with E-state index in [0.29, 0.717) is 11.9 Å². The lowest BCUT2D eigenvalue weighted by atomic mass is 10.2. The van der Waals surface area contributed by atoms with E-state index in [4.69, 9.17) is 11.6 Å². The predicted octanol–water partition coefficient (Wildman–Crippen LogP) is 1.96. The van der Waals surface area contributed by atoms with E-state index < -0.39 is 4.92 Å². The van der Waals surface area contributed by atoms with Gasteiger partial charge in [0.1, 0.15) is 6.33 Å². The fourth-order valence-corrected chi connectivity index (χ4v) is 2.91. The zero-order chi connectivity index (χ0) is 14.7. The van der Waals surface area contributed by atoms with Crippen LogP contribution in [0, 0.1) is 10.1 Å². The van der Waals surface area contributed by atoms with Crippen LogP contribution in [0.1, 0.15) is 20.3 Å². The van der Waals surface area contributed by atoms with Crippen molar-refractivity contribution in [3.05, 3.63) is 21.6 Å². The molecule has 0 aromatic carbocycles. The topological polar surface area (TPSA) is 75.4 Å². The Balaban J connectivity index is 2.22. The van der Waals surface area contributed by atoms with E-state index >= 15 is 0 Å². The zero-order valence-electron chi connectivity index (χ0n) is 11.6. The highest BCUT2D eigenvalue weighted by molar-refractivity contribution is 6.31. The molecule has 0 N–H and O–H groups in total. The van der Waals surface area contributed by atoms with Gasteiger partial charge in [-0.25, -0.2) is 9.97 Å². The Morgan fingerprint density at radius 3 is 2.80 bits per heavy atom. The van der Waals surface area contributed by atoms with Crippen LogP contribution in [-0.2, 0) is 0 Å². The van der Waals surface area contributed by atoms with Crippen LogP contribution in [-0.4, -0.2) is 52.0 Å². The third kappa shape index (κ3) is 2.83. The molecule has 0 bridgehead atoms. The van der Waals surface area contributed by atoms with Gasteiger partial charge in [0.2, 0.25) is 11.0 Å². The van der Waals surface area contributed by atoms with Crippen molar-refractivity contribution in [3.63, 3.8) is 0 Å². The lowest BCUT2D eigenvalue weighted by Crippen LogP contribution is -2.37. The fourth-order valence-electron chi connectivity index (χ4n) is 2.71. The van der Waals surface area contributed by atoms with Gasteiger partial charge in [0.25, 0.3) is 0 Å². The molecule has 0 aliphatic carbocycles. The van der Waals surface area contributed by atoms with Crippen molar-refractivity contribution in [2.24, 2.45) is 0 Å². The van der Waals surface area contributed by atoms with Crippen molar-refractivity contribution in [1.29, 1.82) is 0 Å². The van der Waals surface area contributed by atoms with E-state index in [1.807, 2.05) is 4.90 Å². The van der Waals surface area contributed by atoms with Crippen LogP contribution in [0.3, 0.4) is 0 Å². The Hall–Kier alpha value is -1.47. The lowest BCUT2D eigenvalue weighted by molar-refractivity contribution is -0.384. The smallest absolute Gasteiger partial charge is 0.348 e. The van der Waals surface area contributed by atoms with E-state index in [2.05, 4.69) is 28.7 Å². The van der Waals surface area contributed by atoms with Crippen molar-refractivity contribution in [2.45, 2.75) is 26.3 Å². The van der Waals surface area contributed by atoms with E-state index in [-0.39, 0.29) is 10.8 Å². The van der Waals surface area contributed by atoms with Crippen LogP contribution in [0.4, 0.5) is 11.5 Å². The van der Waals surface area contributed by atoms with Gasteiger partial charge in [-0.2, -0.15) is 0 Å². The number of nitro groups is 1. The molecule has 110 valence electrons. The summed E-state index contributed by atoms with van der Waals surface area (Å²) in [6.45, 7) is 7.67. The summed E-state index contributed by atoms with van der Waals surface area (Å²) in [5, 5.41) is 11.0. The molecular weight excluding hydrogens is 282 g/mol. The van der Waals surface area contributed by atoms with Crippen LogP contribution in [0.2, 0.25) is 5.15 Å². The standard InChI is InChI=1S/C12H18ClN5O2/c1-3-16(4-2)9-5-6-17(7-9)12-10(18(19)20)11(13)14-8-15-12/h8-9H,3-7H2,1-2H3. The minimum Gasteiger partial charge on any atom is -0.349 e. The molecule has 1 aromatic heterocycles. The fraction of sp³-hybridized carbons (Fsp3) is 0.667. The van der Waals surface area contributed by atoms with Crippen LogP contribution in [0.15, 0.2) is 6.33 Å². The molecule has 1 saturated heterocycles. The van der Waals surface area contributed by atoms with Crippen LogP contribution in [0.5, 0.6) is 0 Å². The number of likely N-dealkylation sites (N-methyl/N-ethyl adjacent to an activating group) is 1. The van der Waals surface area contributed by atoms with Gasteiger partial charge in [-0.1, -0.05) is 25.4 Å². The molecule has 8 heteroatoms. The minimum absolute atomic E-state index is 0.105. The van der Waals surface area contributed by atoms with Gasteiger partial charge < -0.3 is 4.90 Å². The number of halogens is 1. The number of anilines is 1. The summed E-state index contributed by atoms with van der Waals surface area (Å²) < 4.78 is 0. The predicted molar refractivity (Wildman–Crippen MR) is 77.2 cm³/mol. The molecule has 1 aliphatic heterocycles. The van der Waals surface area contributed by atoms with E-state index in [1.54, 1.807) is 0 Å². The SMILES string of the molecule is CCN(CC)C1CCN(c2ncnc(Cl)c2[N+](=O)[O-])C1. The summed E-state index contributed by atoms with van der Waals surface area (Å²) in [6.07, 6.45) is 2.25. The first kappa shape index (κ1) is 14.9. The molecule has 1 fully saturated rings. The molecule has 0 saturated carbocycles. The van der Waals surface area contributed by atoms with Crippen molar-refractivity contribution < 1.29 is 4.92 Å². The van der Waals surface area contributed by atoms with Gasteiger partial charge in [0.15, 0.2) is 0 Å². The van der Waals surface area contributed by atoms with Crippen LogP contribution in [0.25, 0.3) is 0 Å². The largest absolute Gasteiger partial charge is 0.349 e. The van der Waals surface area contributed by atoms with Gasteiger partial charge in [-0.3, -0.25) is 15.0 Å². The maximum Gasteiger partial charge on any atom is 0.348 e. The number of hydrogen-bond acceptors (Lipinski definition) is 6. The molecule has 0 amide bonds. The minimum atomic E-state index is -0.512. The Labute approximate surface area is 122 Å². The highest BCUT2D eigenvalue weighted by atomic mass is 35.5. The third-order valence-electron chi connectivity index (χ3n) is 3.73. The van der Waals surface area contributed by atoms with Gasteiger partial charge in [0, 0.05) is 19.1 Å². The maximum absolute atomic E-state index is 11.1. The molecule has 1 aromatic rings. The zero-order valence-corrected chi connectivity index (χ0v) is 12.4. The Morgan fingerprint density at radius 2 is 2.20 bits per heavy atom. The normalized spacial score (nSPS) is 18.8. The first-order valence-electron chi connectivity index (χ1n) is 6.72. The molecule has 2 heterocycles. The highest BCUT2D eigenvalue weighted by Gasteiger charge is 2.32. The molecule has 0 spiro atoms. The van der Waals surface area contributed by atoms with Crippen molar-refractivity contribution in [3.8, 4) is 0 Å².